The van der Waals surface area contributed by atoms with Gasteiger partial charge in [0.1, 0.15) is 0 Å². The molecule has 3 rings (SSSR count). The van der Waals surface area contributed by atoms with Crippen molar-refractivity contribution in [3.05, 3.63) is 41.4 Å². The number of anilines is 1. The van der Waals surface area contributed by atoms with E-state index in [1.54, 1.807) is 30.3 Å². The Kier molecular flexibility index (Phi) is 7.88. The van der Waals surface area contributed by atoms with Gasteiger partial charge in [-0.25, -0.2) is 9.97 Å². The van der Waals surface area contributed by atoms with Crippen LogP contribution in [-0.4, -0.2) is 64.3 Å². The van der Waals surface area contributed by atoms with Crippen molar-refractivity contribution in [2.45, 2.75) is 12.8 Å². The fourth-order valence-electron chi connectivity index (χ4n) is 2.68. The third-order valence-corrected chi connectivity index (χ3v) is 4.14. The molecule has 0 aliphatic rings. The van der Waals surface area contributed by atoms with Gasteiger partial charge in [-0.05, 0) is 42.8 Å². The fourth-order valence-corrected chi connectivity index (χ4v) is 2.85. The molecule has 0 amide bonds. The molecule has 1 heterocycles. The third-order valence-electron chi connectivity index (χ3n) is 3.90. The molecule has 0 spiro atoms. The van der Waals surface area contributed by atoms with Crippen LogP contribution in [0, 0.1) is 0 Å². The van der Waals surface area contributed by atoms with Crippen LogP contribution in [0.5, 0.6) is 11.5 Å². The first-order valence-electron chi connectivity index (χ1n) is 8.23. The summed E-state index contributed by atoms with van der Waals surface area (Å²) in [5.74, 6) is 0.324. The standard InChI is InChI=1S/C19H18ClN3O4.Na/c1-26-15-7-4-11(9-16(15)27-8-2-3-17(24)25)18-13-10-12(20)5-6-14(13)22-19(21)23-18;/h4-7,9-10H,2-3,8H2,1H3,(H,24,25)(H2,21,22,23);. The van der Waals surface area contributed by atoms with E-state index in [4.69, 9.17) is 31.9 Å². The second-order valence-corrected chi connectivity index (χ2v) is 6.24. The first kappa shape index (κ1) is 22.2. The number of fused-ring (bicyclic) bond motifs is 1. The molecule has 2 aromatic carbocycles. The minimum atomic E-state index is -0.862. The summed E-state index contributed by atoms with van der Waals surface area (Å²) in [7, 11) is 1.54. The molecule has 1 radical (unpaired) electrons. The first-order chi connectivity index (χ1) is 13.0. The third kappa shape index (κ3) is 5.26. The summed E-state index contributed by atoms with van der Waals surface area (Å²) < 4.78 is 11.0. The number of ether oxygens (including phenoxy) is 2. The molecule has 1 aromatic heterocycles. The van der Waals surface area contributed by atoms with Crippen molar-refractivity contribution in [1.29, 1.82) is 0 Å². The summed E-state index contributed by atoms with van der Waals surface area (Å²) >= 11 is 6.13. The number of aliphatic carboxylic acids is 1. The fraction of sp³-hybridized carbons (Fsp3) is 0.211. The van der Waals surface area contributed by atoms with E-state index in [-0.39, 0.29) is 48.5 Å². The molecule has 3 N–H and O–H groups in total. The summed E-state index contributed by atoms with van der Waals surface area (Å²) in [4.78, 5) is 19.2. The Morgan fingerprint density at radius 3 is 2.68 bits per heavy atom. The van der Waals surface area contributed by atoms with E-state index in [9.17, 15) is 4.79 Å². The van der Waals surface area contributed by atoms with Crippen molar-refractivity contribution in [2.75, 3.05) is 19.5 Å². The molecule has 7 nitrogen and oxygen atoms in total. The molecular formula is C19H18ClN3NaO4. The Labute approximate surface area is 189 Å². The molecule has 141 valence electrons. The molecule has 0 bridgehead atoms. The van der Waals surface area contributed by atoms with Crippen LogP contribution in [0.15, 0.2) is 36.4 Å². The summed E-state index contributed by atoms with van der Waals surface area (Å²) in [5, 5.41) is 10.1. The number of carboxylic acids is 1. The Hall–Kier alpha value is -2.06. The van der Waals surface area contributed by atoms with Gasteiger partial charge in [0, 0.05) is 52.0 Å². The van der Waals surface area contributed by atoms with Gasteiger partial charge < -0.3 is 20.3 Å². The van der Waals surface area contributed by atoms with Crippen molar-refractivity contribution in [3.8, 4) is 22.8 Å². The topological polar surface area (TPSA) is 108 Å². The van der Waals surface area contributed by atoms with E-state index in [2.05, 4.69) is 9.97 Å². The number of hydrogen-bond acceptors (Lipinski definition) is 6. The number of halogens is 1. The van der Waals surface area contributed by atoms with Crippen LogP contribution >= 0.6 is 11.6 Å². The number of aromatic nitrogens is 2. The molecular weight excluding hydrogens is 393 g/mol. The number of nitrogens with zero attached hydrogens (tertiary/aromatic N) is 2. The Bertz CT molecular complexity index is 1000. The molecule has 0 saturated carbocycles. The van der Waals surface area contributed by atoms with Crippen LogP contribution in [0.25, 0.3) is 22.2 Å². The number of nitrogens with two attached hydrogens (primary N) is 1. The number of rotatable bonds is 7. The van der Waals surface area contributed by atoms with Gasteiger partial charge >= 0.3 is 5.97 Å². The Morgan fingerprint density at radius 1 is 1.18 bits per heavy atom. The number of carboxylic acid groups (broad SMARTS) is 1. The summed E-state index contributed by atoms with van der Waals surface area (Å²) in [6, 6.07) is 10.7. The molecule has 0 unspecified atom stereocenters. The number of nitrogen functional groups attached to an aromatic ring is 1. The first-order valence-corrected chi connectivity index (χ1v) is 8.61. The van der Waals surface area contributed by atoms with E-state index >= 15 is 0 Å². The second-order valence-electron chi connectivity index (χ2n) is 5.80. The van der Waals surface area contributed by atoms with Gasteiger partial charge in [-0.15, -0.1) is 0 Å². The number of benzene rings is 2. The maximum absolute atomic E-state index is 10.6. The molecule has 0 fully saturated rings. The normalized spacial score (nSPS) is 10.4. The zero-order valence-corrected chi connectivity index (χ0v) is 18.4. The molecule has 0 aliphatic heterocycles. The Morgan fingerprint density at radius 2 is 1.96 bits per heavy atom. The zero-order chi connectivity index (χ0) is 19.4. The van der Waals surface area contributed by atoms with Gasteiger partial charge in [-0.3, -0.25) is 4.79 Å². The summed E-state index contributed by atoms with van der Waals surface area (Å²) in [5.41, 5.74) is 7.91. The maximum Gasteiger partial charge on any atom is 0.303 e. The van der Waals surface area contributed by atoms with Crippen LogP contribution in [0.3, 0.4) is 0 Å². The maximum atomic E-state index is 10.6. The van der Waals surface area contributed by atoms with Crippen LogP contribution in [0.2, 0.25) is 5.02 Å². The molecule has 9 heteroatoms. The minimum absolute atomic E-state index is 0. The molecule has 0 aliphatic carbocycles. The van der Waals surface area contributed by atoms with Crippen molar-refractivity contribution in [3.63, 3.8) is 0 Å². The SMILES string of the molecule is COc1ccc(-c2nc(N)nc3ccc(Cl)cc23)cc1OCCCC(=O)O.[Na]. The van der Waals surface area contributed by atoms with E-state index in [0.717, 1.165) is 10.9 Å². The number of hydrogen-bond donors (Lipinski definition) is 2. The van der Waals surface area contributed by atoms with Gasteiger partial charge in [0.15, 0.2) is 11.5 Å². The summed E-state index contributed by atoms with van der Waals surface area (Å²) in [6.45, 7) is 0.255. The van der Waals surface area contributed by atoms with Crippen molar-refractivity contribution >= 4 is 64.0 Å². The van der Waals surface area contributed by atoms with Crippen LogP contribution in [0.4, 0.5) is 5.95 Å². The van der Waals surface area contributed by atoms with Gasteiger partial charge in [-0.2, -0.15) is 0 Å². The minimum Gasteiger partial charge on any atom is -0.493 e. The van der Waals surface area contributed by atoms with E-state index < -0.39 is 5.97 Å². The zero-order valence-electron chi connectivity index (χ0n) is 15.6. The van der Waals surface area contributed by atoms with Gasteiger partial charge in [0.2, 0.25) is 5.95 Å². The van der Waals surface area contributed by atoms with Crippen LogP contribution < -0.4 is 15.2 Å². The predicted octanol–water partition coefficient (Wildman–Crippen LogP) is 3.40. The average molecular weight is 411 g/mol. The van der Waals surface area contributed by atoms with E-state index in [1.165, 1.54) is 7.11 Å². The Balaban J connectivity index is 0.00000280. The van der Waals surface area contributed by atoms with E-state index in [0.29, 0.717) is 34.2 Å². The van der Waals surface area contributed by atoms with E-state index in [1.807, 2.05) is 6.07 Å². The van der Waals surface area contributed by atoms with Crippen molar-refractivity contribution < 1.29 is 19.4 Å². The number of carbonyl (C=O) groups is 1. The smallest absolute Gasteiger partial charge is 0.303 e. The largest absolute Gasteiger partial charge is 0.493 e. The number of methoxy groups -OCH3 is 1. The average Bonchev–Trinajstić information content (AvgIpc) is 2.64. The monoisotopic (exact) mass is 410 g/mol. The van der Waals surface area contributed by atoms with Gasteiger partial charge in [0.05, 0.1) is 24.9 Å². The molecule has 0 atom stereocenters. The molecule has 0 saturated heterocycles. The van der Waals surface area contributed by atoms with Gasteiger partial charge in [-0.1, -0.05) is 11.6 Å². The van der Waals surface area contributed by atoms with Crippen molar-refractivity contribution in [1.82, 2.24) is 9.97 Å². The van der Waals surface area contributed by atoms with Crippen LogP contribution in [0.1, 0.15) is 12.8 Å². The summed E-state index contributed by atoms with van der Waals surface area (Å²) in [6.07, 6.45) is 0.426. The van der Waals surface area contributed by atoms with Crippen LogP contribution in [-0.2, 0) is 4.79 Å². The van der Waals surface area contributed by atoms with Crippen molar-refractivity contribution in [2.24, 2.45) is 0 Å². The second kappa shape index (κ2) is 9.93. The van der Waals surface area contributed by atoms with Gasteiger partial charge in [0.25, 0.3) is 0 Å². The predicted molar refractivity (Wildman–Crippen MR) is 109 cm³/mol. The molecule has 28 heavy (non-hydrogen) atoms. The quantitative estimate of drug-likeness (QED) is 0.454. The molecule has 3 aromatic rings.